The molecule has 0 aliphatic carbocycles. The fraction of sp³-hybridized carbons (Fsp3) is 0.542. The molecule has 174 valence electrons. The number of rotatable bonds is 6. The van der Waals surface area contributed by atoms with Gasteiger partial charge >= 0.3 is 0 Å². The number of β-amino-alcohol motifs (C(OH)–C–C–N with tert-alkyl or cyclic N) is 1. The lowest BCUT2D eigenvalue weighted by Gasteiger charge is -2.38. The number of likely N-dealkylation sites (N-methyl/N-ethyl adjacent to an activating group) is 1. The normalized spacial score (nSPS) is 19.9. The van der Waals surface area contributed by atoms with Gasteiger partial charge in [0.05, 0.1) is 28.2 Å². The van der Waals surface area contributed by atoms with Gasteiger partial charge in [-0.05, 0) is 37.6 Å². The number of aliphatic hydroxyl groups excluding tert-OH is 1. The number of carbonyl (C=O) groups is 2. The summed E-state index contributed by atoms with van der Waals surface area (Å²) in [5.41, 5.74) is 4.62. The smallest absolute Gasteiger partial charge is 0.243 e. The number of thiazole rings is 1. The van der Waals surface area contributed by atoms with Crippen molar-refractivity contribution < 1.29 is 14.7 Å². The third kappa shape index (κ3) is 5.36. The van der Waals surface area contributed by atoms with Crippen LogP contribution in [0.2, 0.25) is 0 Å². The highest BCUT2D eigenvalue weighted by Gasteiger charge is 2.44. The van der Waals surface area contributed by atoms with E-state index in [0.717, 1.165) is 21.7 Å². The van der Waals surface area contributed by atoms with E-state index in [9.17, 15) is 14.7 Å². The minimum atomic E-state index is -0.695. The Hall–Kier alpha value is -2.29. The Morgan fingerprint density at radius 2 is 1.94 bits per heavy atom. The maximum absolute atomic E-state index is 13.3. The van der Waals surface area contributed by atoms with Crippen molar-refractivity contribution in [3.8, 4) is 10.4 Å². The van der Waals surface area contributed by atoms with Gasteiger partial charge in [-0.25, -0.2) is 4.98 Å². The van der Waals surface area contributed by atoms with Gasteiger partial charge in [0.15, 0.2) is 0 Å². The van der Waals surface area contributed by atoms with Gasteiger partial charge < -0.3 is 15.3 Å². The second-order valence-electron chi connectivity index (χ2n) is 9.81. The zero-order chi connectivity index (χ0) is 23.6. The van der Waals surface area contributed by atoms with E-state index >= 15 is 0 Å². The van der Waals surface area contributed by atoms with E-state index in [1.807, 2.05) is 76.5 Å². The number of likely N-dealkylation sites (tertiary alicyclic amines) is 1. The van der Waals surface area contributed by atoms with Crippen molar-refractivity contribution in [1.29, 1.82) is 0 Å². The lowest BCUT2D eigenvalue weighted by Crippen LogP contribution is -2.56. The summed E-state index contributed by atoms with van der Waals surface area (Å²) >= 11 is 1.61. The van der Waals surface area contributed by atoms with Gasteiger partial charge in [0.2, 0.25) is 11.8 Å². The lowest BCUT2D eigenvalue weighted by atomic mass is 9.85. The van der Waals surface area contributed by atoms with Crippen molar-refractivity contribution in [2.45, 2.75) is 58.8 Å². The van der Waals surface area contributed by atoms with Crippen LogP contribution in [-0.2, 0) is 16.1 Å². The van der Waals surface area contributed by atoms with Crippen molar-refractivity contribution in [3.63, 3.8) is 0 Å². The van der Waals surface area contributed by atoms with Gasteiger partial charge in [0.25, 0.3) is 0 Å². The number of hydrogen-bond donors (Lipinski definition) is 2. The first kappa shape index (κ1) is 24.4. The Labute approximate surface area is 194 Å². The molecule has 1 saturated heterocycles. The Morgan fingerprint density at radius 1 is 1.28 bits per heavy atom. The van der Waals surface area contributed by atoms with E-state index < -0.39 is 12.1 Å². The zero-order valence-corrected chi connectivity index (χ0v) is 20.6. The van der Waals surface area contributed by atoms with Crippen LogP contribution >= 0.6 is 11.3 Å². The first-order chi connectivity index (χ1) is 15.0. The maximum atomic E-state index is 13.3. The molecule has 0 unspecified atom stereocenters. The first-order valence-corrected chi connectivity index (χ1v) is 11.8. The average molecular weight is 459 g/mol. The Bertz CT molecular complexity index is 949. The molecule has 1 fully saturated rings. The molecule has 2 aromatic rings. The molecule has 1 aliphatic rings. The van der Waals surface area contributed by atoms with E-state index in [1.165, 1.54) is 0 Å². The molecule has 0 radical (unpaired) electrons. The van der Waals surface area contributed by atoms with E-state index in [4.69, 9.17) is 0 Å². The standard InChI is InChI=1S/C24H34N4O3S/c1-15-20(32-14-26-15)17-9-7-16(8-10-17)12-25-22(30)19-11-18(29)13-28(19)23(31)21(27(5)6)24(2,3)4/h7-10,14,18-19,21,29H,11-13H2,1-6H3,(H,25,30)/t18-,19+,21-/m1/s1. The van der Waals surface area contributed by atoms with Crippen LogP contribution in [-0.4, -0.2) is 70.5 Å². The number of nitrogens with zero attached hydrogens (tertiary/aromatic N) is 3. The van der Waals surface area contributed by atoms with Crippen molar-refractivity contribution in [2.75, 3.05) is 20.6 Å². The lowest BCUT2D eigenvalue weighted by molar-refractivity contribution is -0.145. The van der Waals surface area contributed by atoms with Crippen LogP contribution in [0.1, 0.15) is 38.4 Å². The molecule has 2 N–H and O–H groups in total. The van der Waals surface area contributed by atoms with Crippen LogP contribution in [0.15, 0.2) is 29.8 Å². The quantitative estimate of drug-likeness (QED) is 0.695. The number of hydrogen-bond acceptors (Lipinski definition) is 6. The molecular weight excluding hydrogens is 424 g/mol. The molecule has 2 heterocycles. The number of nitrogens with one attached hydrogen (secondary N) is 1. The van der Waals surface area contributed by atoms with Crippen LogP contribution < -0.4 is 5.32 Å². The van der Waals surface area contributed by atoms with Crippen LogP contribution in [0.3, 0.4) is 0 Å². The predicted molar refractivity (Wildman–Crippen MR) is 127 cm³/mol. The van der Waals surface area contributed by atoms with Crippen LogP contribution in [0.4, 0.5) is 0 Å². The first-order valence-electron chi connectivity index (χ1n) is 10.9. The minimum Gasteiger partial charge on any atom is -0.391 e. The molecule has 0 saturated carbocycles. The summed E-state index contributed by atoms with van der Waals surface area (Å²) < 4.78 is 0. The Balaban J connectivity index is 1.67. The fourth-order valence-electron chi connectivity index (χ4n) is 4.49. The molecular formula is C24H34N4O3S. The molecule has 0 bridgehead atoms. The topological polar surface area (TPSA) is 85.8 Å². The van der Waals surface area contributed by atoms with Gasteiger partial charge in [-0.15, -0.1) is 11.3 Å². The monoisotopic (exact) mass is 458 g/mol. The van der Waals surface area contributed by atoms with E-state index in [0.29, 0.717) is 6.54 Å². The number of benzene rings is 1. The third-order valence-electron chi connectivity index (χ3n) is 5.86. The minimum absolute atomic E-state index is 0.122. The van der Waals surface area contributed by atoms with Crippen molar-refractivity contribution >= 4 is 23.2 Å². The van der Waals surface area contributed by atoms with E-state index in [-0.39, 0.29) is 36.2 Å². The number of aromatic nitrogens is 1. The second-order valence-corrected chi connectivity index (χ2v) is 10.7. The molecule has 1 aromatic carbocycles. The van der Waals surface area contributed by atoms with E-state index in [1.54, 1.807) is 16.2 Å². The van der Waals surface area contributed by atoms with Gasteiger partial charge in [0, 0.05) is 19.5 Å². The predicted octanol–water partition coefficient (Wildman–Crippen LogP) is 2.67. The Kier molecular flexibility index (Phi) is 7.37. The van der Waals surface area contributed by atoms with Crippen LogP contribution in [0.25, 0.3) is 10.4 Å². The molecule has 2 amide bonds. The van der Waals surface area contributed by atoms with Gasteiger partial charge in [-0.3, -0.25) is 14.5 Å². The summed E-state index contributed by atoms with van der Waals surface area (Å²) in [5.74, 6) is -0.354. The molecule has 3 atom stereocenters. The number of amides is 2. The highest BCUT2D eigenvalue weighted by atomic mass is 32.1. The van der Waals surface area contributed by atoms with Crippen molar-refractivity contribution in [3.05, 3.63) is 41.0 Å². The zero-order valence-electron chi connectivity index (χ0n) is 19.8. The summed E-state index contributed by atoms with van der Waals surface area (Å²) in [6, 6.07) is 6.99. The van der Waals surface area contributed by atoms with E-state index in [2.05, 4.69) is 10.3 Å². The van der Waals surface area contributed by atoms with Crippen molar-refractivity contribution in [2.24, 2.45) is 5.41 Å². The number of aliphatic hydroxyl groups is 1. The maximum Gasteiger partial charge on any atom is 0.243 e. The molecule has 8 heteroatoms. The summed E-state index contributed by atoms with van der Waals surface area (Å²) in [6.07, 6.45) is -0.440. The summed E-state index contributed by atoms with van der Waals surface area (Å²) in [5, 5.41) is 13.2. The van der Waals surface area contributed by atoms with Crippen LogP contribution in [0.5, 0.6) is 0 Å². The molecule has 1 aromatic heterocycles. The molecule has 1 aliphatic heterocycles. The Morgan fingerprint density at radius 3 is 2.47 bits per heavy atom. The highest BCUT2D eigenvalue weighted by molar-refractivity contribution is 7.13. The largest absolute Gasteiger partial charge is 0.391 e. The average Bonchev–Trinajstić information content (AvgIpc) is 3.30. The molecule has 32 heavy (non-hydrogen) atoms. The molecule has 3 rings (SSSR count). The fourth-order valence-corrected chi connectivity index (χ4v) is 5.30. The summed E-state index contributed by atoms with van der Waals surface area (Å²) in [4.78, 5) is 35.2. The highest BCUT2D eigenvalue weighted by Crippen LogP contribution is 2.29. The van der Waals surface area contributed by atoms with Gasteiger partial charge in [-0.2, -0.15) is 0 Å². The second kappa shape index (κ2) is 9.68. The molecule has 7 nitrogen and oxygen atoms in total. The SMILES string of the molecule is Cc1ncsc1-c1ccc(CNC(=O)[C@@H]2C[C@@H](O)CN2C(=O)[C@@H](N(C)C)C(C)(C)C)cc1. The van der Waals surface area contributed by atoms with Gasteiger partial charge in [-0.1, -0.05) is 45.0 Å². The molecule has 0 spiro atoms. The number of carbonyl (C=O) groups excluding carboxylic acids is 2. The third-order valence-corrected chi connectivity index (χ3v) is 6.84. The summed E-state index contributed by atoms with van der Waals surface area (Å²) in [7, 11) is 3.74. The van der Waals surface area contributed by atoms with Crippen LogP contribution in [0, 0.1) is 12.3 Å². The van der Waals surface area contributed by atoms with Gasteiger partial charge in [0.1, 0.15) is 6.04 Å². The van der Waals surface area contributed by atoms with Crippen molar-refractivity contribution in [1.82, 2.24) is 20.1 Å². The number of aryl methyl sites for hydroxylation is 1. The summed E-state index contributed by atoms with van der Waals surface area (Å²) in [6.45, 7) is 8.56.